The van der Waals surface area contributed by atoms with Gasteiger partial charge in [0.15, 0.2) is 0 Å². The molecule has 0 heterocycles. The highest BCUT2D eigenvalue weighted by Crippen LogP contribution is 2.32. The number of halogens is 1. The van der Waals surface area contributed by atoms with Crippen molar-refractivity contribution in [3.63, 3.8) is 0 Å². The molecule has 0 saturated carbocycles. The minimum atomic E-state index is -0.584. The molecule has 2 aromatic carbocycles. The number of hydrogen-bond acceptors (Lipinski definition) is 3. The van der Waals surface area contributed by atoms with Crippen molar-refractivity contribution < 1.29 is 9.18 Å². The normalized spacial score (nSPS) is 10.3. The number of nitrogens with zero attached hydrogens (tertiary/aromatic N) is 1. The number of amides is 1. The van der Waals surface area contributed by atoms with Crippen LogP contribution < -0.4 is 16.4 Å². The van der Waals surface area contributed by atoms with Gasteiger partial charge in [0.1, 0.15) is 5.82 Å². The molecule has 4 N–H and O–H groups in total. The van der Waals surface area contributed by atoms with Crippen molar-refractivity contribution in [1.82, 2.24) is 0 Å². The summed E-state index contributed by atoms with van der Waals surface area (Å²) in [5, 5.41) is 0. The maximum absolute atomic E-state index is 13.4. The molecule has 0 aromatic heterocycles. The quantitative estimate of drug-likeness (QED) is 0.841. The molecule has 4 nitrogen and oxygen atoms in total. The van der Waals surface area contributed by atoms with Gasteiger partial charge in [-0.15, -0.1) is 0 Å². The van der Waals surface area contributed by atoms with Gasteiger partial charge in [-0.05, 0) is 37.3 Å². The van der Waals surface area contributed by atoms with E-state index in [1.54, 1.807) is 30.3 Å². The third-order valence-corrected chi connectivity index (χ3v) is 3.08. The highest BCUT2D eigenvalue weighted by Gasteiger charge is 2.15. The fourth-order valence-electron chi connectivity index (χ4n) is 2.14. The molecule has 0 bridgehead atoms. The third-order valence-electron chi connectivity index (χ3n) is 3.08. The van der Waals surface area contributed by atoms with Crippen molar-refractivity contribution in [2.24, 2.45) is 5.73 Å². The number of nitrogens with two attached hydrogens (primary N) is 2. The molecule has 20 heavy (non-hydrogen) atoms. The number of para-hydroxylation sites is 1. The van der Waals surface area contributed by atoms with E-state index in [-0.39, 0.29) is 11.4 Å². The number of primary amides is 1. The minimum absolute atomic E-state index is 0.261. The Hall–Kier alpha value is -2.56. The number of carbonyl (C=O) groups is 1. The Balaban J connectivity index is 2.53. The summed E-state index contributed by atoms with van der Waals surface area (Å²) in [4.78, 5) is 13.2. The monoisotopic (exact) mass is 273 g/mol. The topological polar surface area (TPSA) is 72.3 Å². The molecule has 5 heteroatoms. The summed E-state index contributed by atoms with van der Waals surface area (Å²) in [7, 11) is 0. The molecule has 1 amide bonds. The smallest absolute Gasteiger partial charge is 0.250 e. The Morgan fingerprint density at radius 2 is 1.95 bits per heavy atom. The molecule has 0 aliphatic heterocycles. The van der Waals surface area contributed by atoms with Crippen LogP contribution in [0.1, 0.15) is 17.3 Å². The number of benzene rings is 2. The van der Waals surface area contributed by atoms with Gasteiger partial charge in [0.25, 0.3) is 5.91 Å². The maximum Gasteiger partial charge on any atom is 0.250 e. The lowest BCUT2D eigenvalue weighted by Gasteiger charge is -2.25. The average molecular weight is 273 g/mol. The number of rotatable bonds is 4. The summed E-state index contributed by atoms with van der Waals surface area (Å²) >= 11 is 0. The Morgan fingerprint density at radius 1 is 1.25 bits per heavy atom. The van der Waals surface area contributed by atoms with Gasteiger partial charge in [-0.3, -0.25) is 4.79 Å². The number of anilines is 3. The van der Waals surface area contributed by atoms with Crippen molar-refractivity contribution in [2.75, 3.05) is 17.2 Å². The molecule has 0 spiro atoms. The zero-order valence-corrected chi connectivity index (χ0v) is 11.1. The predicted octanol–water partition coefficient (Wildman–Crippen LogP) is 2.66. The second kappa shape index (κ2) is 5.61. The Morgan fingerprint density at radius 3 is 2.55 bits per heavy atom. The summed E-state index contributed by atoms with van der Waals surface area (Å²) < 4.78 is 13.4. The van der Waals surface area contributed by atoms with Crippen LogP contribution in [0.25, 0.3) is 0 Å². The van der Waals surface area contributed by atoms with Gasteiger partial charge in [-0.2, -0.15) is 0 Å². The molecule has 0 aliphatic rings. The fourth-order valence-corrected chi connectivity index (χ4v) is 2.14. The van der Waals surface area contributed by atoms with E-state index in [9.17, 15) is 9.18 Å². The molecule has 0 radical (unpaired) electrons. The van der Waals surface area contributed by atoms with Crippen LogP contribution in [0.5, 0.6) is 0 Å². The van der Waals surface area contributed by atoms with E-state index in [4.69, 9.17) is 11.5 Å². The lowest BCUT2D eigenvalue weighted by Crippen LogP contribution is -2.20. The minimum Gasteiger partial charge on any atom is -0.396 e. The van der Waals surface area contributed by atoms with E-state index < -0.39 is 5.91 Å². The van der Waals surface area contributed by atoms with Crippen LogP contribution in [0, 0.1) is 5.82 Å². The molecule has 0 atom stereocenters. The average Bonchev–Trinajstić information content (AvgIpc) is 2.41. The van der Waals surface area contributed by atoms with Crippen LogP contribution in [-0.2, 0) is 0 Å². The van der Waals surface area contributed by atoms with Crippen LogP contribution in [0.15, 0.2) is 42.5 Å². The molecule has 2 aromatic rings. The molecule has 104 valence electrons. The highest BCUT2D eigenvalue weighted by atomic mass is 19.1. The maximum atomic E-state index is 13.4. The lowest BCUT2D eigenvalue weighted by atomic mass is 10.1. The largest absolute Gasteiger partial charge is 0.396 e. The van der Waals surface area contributed by atoms with Crippen LogP contribution in [-0.4, -0.2) is 12.5 Å². The molecule has 2 rings (SSSR count). The van der Waals surface area contributed by atoms with Crippen molar-refractivity contribution in [3.05, 3.63) is 53.8 Å². The fraction of sp³-hybridized carbons (Fsp3) is 0.133. The Bertz CT molecular complexity index is 643. The van der Waals surface area contributed by atoms with Gasteiger partial charge >= 0.3 is 0 Å². The van der Waals surface area contributed by atoms with Gasteiger partial charge in [-0.1, -0.05) is 12.1 Å². The molecular formula is C15H16FN3O. The van der Waals surface area contributed by atoms with Crippen molar-refractivity contribution >= 4 is 23.0 Å². The van der Waals surface area contributed by atoms with E-state index in [0.29, 0.717) is 23.6 Å². The van der Waals surface area contributed by atoms with Crippen molar-refractivity contribution in [3.8, 4) is 0 Å². The number of nitrogen functional groups attached to an aromatic ring is 1. The van der Waals surface area contributed by atoms with Crippen molar-refractivity contribution in [2.45, 2.75) is 6.92 Å². The summed E-state index contributed by atoms with van der Waals surface area (Å²) in [5.41, 5.74) is 13.2. The zero-order valence-electron chi connectivity index (χ0n) is 11.1. The molecule has 0 saturated heterocycles. The SMILES string of the molecule is CCN(c1cccc(F)c1)c1cccc(C(N)=O)c1N. The van der Waals surface area contributed by atoms with Gasteiger partial charge < -0.3 is 16.4 Å². The predicted molar refractivity (Wildman–Crippen MR) is 78.5 cm³/mol. The van der Waals surface area contributed by atoms with Crippen LogP contribution in [0.4, 0.5) is 21.5 Å². The van der Waals surface area contributed by atoms with Gasteiger partial charge in [0, 0.05) is 12.2 Å². The number of carbonyl (C=O) groups excluding carboxylic acids is 1. The molecule has 0 aliphatic carbocycles. The second-order valence-corrected chi connectivity index (χ2v) is 4.33. The van der Waals surface area contributed by atoms with Crippen LogP contribution >= 0.6 is 0 Å². The first kappa shape index (κ1) is 13.9. The standard InChI is InChI=1S/C15H16FN3O/c1-2-19(11-6-3-5-10(16)9-11)13-8-4-7-12(14(13)17)15(18)20/h3-9H,2,17H2,1H3,(H2,18,20). The Kier molecular flexibility index (Phi) is 3.89. The summed E-state index contributed by atoms with van der Waals surface area (Å²) in [6, 6.07) is 11.2. The summed E-state index contributed by atoms with van der Waals surface area (Å²) in [5.74, 6) is -0.912. The highest BCUT2D eigenvalue weighted by molar-refractivity contribution is 6.01. The van der Waals surface area contributed by atoms with Crippen molar-refractivity contribution in [1.29, 1.82) is 0 Å². The first-order valence-corrected chi connectivity index (χ1v) is 6.26. The van der Waals surface area contributed by atoms with Gasteiger partial charge in [0.2, 0.25) is 0 Å². The molecular weight excluding hydrogens is 257 g/mol. The van der Waals surface area contributed by atoms with E-state index in [1.165, 1.54) is 12.1 Å². The number of hydrogen-bond donors (Lipinski definition) is 2. The van der Waals surface area contributed by atoms with E-state index in [0.717, 1.165) is 0 Å². The first-order chi connectivity index (χ1) is 9.54. The van der Waals surface area contributed by atoms with E-state index >= 15 is 0 Å². The second-order valence-electron chi connectivity index (χ2n) is 4.33. The van der Waals surface area contributed by atoms with Crippen LogP contribution in [0.3, 0.4) is 0 Å². The third kappa shape index (κ3) is 2.56. The zero-order chi connectivity index (χ0) is 14.7. The van der Waals surface area contributed by atoms with Crippen LogP contribution in [0.2, 0.25) is 0 Å². The van der Waals surface area contributed by atoms with Gasteiger partial charge in [0.05, 0.1) is 16.9 Å². The van der Waals surface area contributed by atoms with E-state index in [1.807, 2.05) is 11.8 Å². The molecule has 0 fully saturated rings. The summed E-state index contributed by atoms with van der Waals surface area (Å²) in [6.45, 7) is 2.50. The first-order valence-electron chi connectivity index (χ1n) is 6.26. The Labute approximate surface area is 116 Å². The van der Waals surface area contributed by atoms with E-state index in [2.05, 4.69) is 0 Å². The lowest BCUT2D eigenvalue weighted by molar-refractivity contribution is 0.100. The molecule has 0 unspecified atom stereocenters. The summed E-state index contributed by atoms with van der Waals surface area (Å²) in [6.07, 6.45) is 0. The van der Waals surface area contributed by atoms with Gasteiger partial charge in [-0.25, -0.2) is 4.39 Å².